The van der Waals surface area contributed by atoms with Crippen LogP contribution in [0, 0.1) is 5.82 Å². The normalized spacial score (nSPS) is 12.7. The van der Waals surface area contributed by atoms with Gasteiger partial charge in [0, 0.05) is 10.7 Å². The number of carbonyl (C=O) groups is 2. The van der Waals surface area contributed by atoms with Gasteiger partial charge in [-0.1, -0.05) is 29.3 Å². The van der Waals surface area contributed by atoms with Gasteiger partial charge < -0.3 is 19.7 Å². The SMILES string of the molecule is O=C(Nc1ccc2c(c1)N(CCOc1ccc(Cl)cc1)C(=O)CO2)c1c(F)cccc1Cl. The van der Waals surface area contributed by atoms with E-state index in [1.54, 1.807) is 42.5 Å². The van der Waals surface area contributed by atoms with Crippen molar-refractivity contribution in [3.8, 4) is 11.5 Å². The summed E-state index contributed by atoms with van der Waals surface area (Å²) in [7, 11) is 0. The molecule has 0 radical (unpaired) electrons. The lowest BCUT2D eigenvalue weighted by atomic mass is 10.1. The van der Waals surface area contributed by atoms with Crippen molar-refractivity contribution >= 4 is 46.4 Å². The van der Waals surface area contributed by atoms with Gasteiger partial charge in [-0.2, -0.15) is 0 Å². The van der Waals surface area contributed by atoms with E-state index in [0.29, 0.717) is 27.9 Å². The predicted molar refractivity (Wildman–Crippen MR) is 121 cm³/mol. The molecule has 164 valence electrons. The molecule has 1 heterocycles. The van der Waals surface area contributed by atoms with Gasteiger partial charge in [-0.05, 0) is 54.6 Å². The molecule has 0 spiro atoms. The van der Waals surface area contributed by atoms with Crippen LogP contribution in [0.3, 0.4) is 0 Å². The monoisotopic (exact) mass is 474 g/mol. The molecule has 0 saturated carbocycles. The van der Waals surface area contributed by atoms with E-state index in [2.05, 4.69) is 5.32 Å². The summed E-state index contributed by atoms with van der Waals surface area (Å²) >= 11 is 11.8. The Balaban J connectivity index is 1.50. The Kier molecular flexibility index (Phi) is 6.48. The van der Waals surface area contributed by atoms with Crippen molar-refractivity contribution in [2.24, 2.45) is 0 Å². The summed E-state index contributed by atoms with van der Waals surface area (Å²) < 4.78 is 25.2. The minimum absolute atomic E-state index is 0.0000501. The van der Waals surface area contributed by atoms with Gasteiger partial charge in [0.15, 0.2) is 6.61 Å². The number of nitrogens with one attached hydrogen (secondary N) is 1. The molecule has 0 saturated heterocycles. The molecular weight excluding hydrogens is 458 g/mol. The molecule has 0 bridgehead atoms. The Bertz CT molecular complexity index is 1150. The van der Waals surface area contributed by atoms with Gasteiger partial charge in [0.1, 0.15) is 23.9 Å². The third kappa shape index (κ3) is 4.79. The number of benzene rings is 3. The lowest BCUT2D eigenvalue weighted by molar-refractivity contribution is -0.121. The second kappa shape index (κ2) is 9.46. The summed E-state index contributed by atoms with van der Waals surface area (Å²) in [5.74, 6) is -0.574. The topological polar surface area (TPSA) is 67.9 Å². The number of ether oxygens (including phenoxy) is 2. The Morgan fingerprint density at radius 2 is 1.91 bits per heavy atom. The van der Waals surface area contributed by atoms with Crippen LogP contribution in [0.15, 0.2) is 60.7 Å². The zero-order valence-electron chi connectivity index (χ0n) is 16.6. The first kappa shape index (κ1) is 21.9. The first-order chi connectivity index (χ1) is 15.4. The maximum absolute atomic E-state index is 14.1. The van der Waals surface area contributed by atoms with E-state index in [-0.39, 0.29) is 36.3 Å². The Hall–Kier alpha value is -3.29. The van der Waals surface area contributed by atoms with Crippen molar-refractivity contribution in [3.05, 3.63) is 82.1 Å². The Morgan fingerprint density at radius 1 is 1.12 bits per heavy atom. The molecule has 1 aliphatic heterocycles. The molecule has 0 aromatic heterocycles. The minimum atomic E-state index is -0.729. The molecule has 1 N–H and O–H groups in total. The average Bonchev–Trinajstić information content (AvgIpc) is 2.76. The predicted octanol–water partition coefficient (Wildman–Crippen LogP) is 5.19. The molecule has 0 aliphatic carbocycles. The maximum atomic E-state index is 14.1. The highest BCUT2D eigenvalue weighted by molar-refractivity contribution is 6.34. The molecule has 9 heteroatoms. The Morgan fingerprint density at radius 3 is 2.66 bits per heavy atom. The van der Waals surface area contributed by atoms with E-state index < -0.39 is 11.7 Å². The van der Waals surface area contributed by atoms with Gasteiger partial charge in [-0.15, -0.1) is 0 Å². The molecule has 0 atom stereocenters. The van der Waals surface area contributed by atoms with E-state index in [1.807, 2.05) is 0 Å². The highest BCUT2D eigenvalue weighted by Crippen LogP contribution is 2.35. The van der Waals surface area contributed by atoms with Crippen molar-refractivity contribution in [2.45, 2.75) is 0 Å². The van der Waals surface area contributed by atoms with Gasteiger partial charge in [0.25, 0.3) is 11.8 Å². The molecular formula is C23H17Cl2FN2O4. The molecule has 1 aliphatic rings. The van der Waals surface area contributed by atoms with Crippen molar-refractivity contribution in [1.82, 2.24) is 0 Å². The van der Waals surface area contributed by atoms with Crippen LogP contribution >= 0.6 is 23.2 Å². The fourth-order valence-electron chi connectivity index (χ4n) is 3.22. The molecule has 0 fully saturated rings. The number of amides is 2. The van der Waals surface area contributed by atoms with Gasteiger partial charge in [0.05, 0.1) is 22.8 Å². The number of hydrogen-bond donors (Lipinski definition) is 1. The van der Waals surface area contributed by atoms with Gasteiger partial charge in [0.2, 0.25) is 0 Å². The molecule has 0 unspecified atom stereocenters. The molecule has 4 rings (SSSR count). The lowest BCUT2D eigenvalue weighted by Crippen LogP contribution is -2.41. The van der Waals surface area contributed by atoms with Crippen molar-refractivity contribution in [1.29, 1.82) is 0 Å². The van der Waals surface area contributed by atoms with E-state index in [9.17, 15) is 14.0 Å². The summed E-state index contributed by atoms with van der Waals surface area (Å²) in [4.78, 5) is 26.5. The van der Waals surface area contributed by atoms with Crippen LogP contribution in [0.4, 0.5) is 15.8 Å². The van der Waals surface area contributed by atoms with Crippen LogP contribution < -0.4 is 19.7 Å². The second-order valence-electron chi connectivity index (χ2n) is 6.87. The zero-order chi connectivity index (χ0) is 22.7. The molecule has 3 aromatic carbocycles. The number of anilines is 2. The number of fused-ring (bicyclic) bond motifs is 1. The number of halogens is 3. The minimum Gasteiger partial charge on any atom is -0.492 e. The first-order valence-electron chi connectivity index (χ1n) is 9.63. The highest BCUT2D eigenvalue weighted by Gasteiger charge is 2.26. The third-order valence-electron chi connectivity index (χ3n) is 4.75. The van der Waals surface area contributed by atoms with E-state index >= 15 is 0 Å². The van der Waals surface area contributed by atoms with Gasteiger partial charge >= 0.3 is 0 Å². The van der Waals surface area contributed by atoms with Crippen LogP contribution in [0.5, 0.6) is 11.5 Å². The highest BCUT2D eigenvalue weighted by atomic mass is 35.5. The van der Waals surface area contributed by atoms with Crippen molar-refractivity contribution < 1.29 is 23.5 Å². The Labute approximate surface area is 193 Å². The summed E-state index contributed by atoms with van der Waals surface area (Å²) in [5, 5.41) is 3.21. The van der Waals surface area contributed by atoms with E-state index in [1.165, 1.54) is 17.0 Å². The third-order valence-corrected chi connectivity index (χ3v) is 5.31. The number of carbonyl (C=O) groups excluding carboxylic acids is 2. The second-order valence-corrected chi connectivity index (χ2v) is 7.71. The van der Waals surface area contributed by atoms with Crippen molar-refractivity contribution in [3.63, 3.8) is 0 Å². The summed E-state index contributed by atoms with van der Waals surface area (Å²) in [6, 6.07) is 15.7. The lowest BCUT2D eigenvalue weighted by Gasteiger charge is -2.29. The fraction of sp³-hybridized carbons (Fsp3) is 0.130. The molecule has 32 heavy (non-hydrogen) atoms. The van der Waals surface area contributed by atoms with Crippen LogP contribution in [-0.4, -0.2) is 31.6 Å². The van der Waals surface area contributed by atoms with Crippen molar-refractivity contribution in [2.75, 3.05) is 30.0 Å². The zero-order valence-corrected chi connectivity index (χ0v) is 18.1. The van der Waals surface area contributed by atoms with Crippen LogP contribution in [0.25, 0.3) is 0 Å². The van der Waals surface area contributed by atoms with Gasteiger partial charge in [-0.3, -0.25) is 9.59 Å². The van der Waals surface area contributed by atoms with Crippen LogP contribution in [0.1, 0.15) is 10.4 Å². The van der Waals surface area contributed by atoms with E-state index in [0.717, 1.165) is 6.07 Å². The van der Waals surface area contributed by atoms with E-state index in [4.69, 9.17) is 32.7 Å². The summed E-state index contributed by atoms with van der Waals surface area (Å²) in [6.45, 7) is 0.382. The number of hydrogen-bond acceptors (Lipinski definition) is 4. The smallest absolute Gasteiger partial charge is 0.265 e. The van der Waals surface area contributed by atoms with Crippen LogP contribution in [0.2, 0.25) is 10.0 Å². The van der Waals surface area contributed by atoms with Crippen LogP contribution in [-0.2, 0) is 4.79 Å². The molecule has 6 nitrogen and oxygen atoms in total. The fourth-order valence-corrected chi connectivity index (χ4v) is 3.59. The number of rotatable bonds is 6. The number of nitrogens with zero attached hydrogens (tertiary/aromatic N) is 1. The van der Waals surface area contributed by atoms with Gasteiger partial charge in [-0.25, -0.2) is 4.39 Å². The molecule has 2 amide bonds. The quantitative estimate of drug-likeness (QED) is 0.533. The largest absolute Gasteiger partial charge is 0.492 e. The summed E-state index contributed by atoms with van der Waals surface area (Å²) in [5.41, 5.74) is 0.570. The first-order valence-corrected chi connectivity index (χ1v) is 10.4. The maximum Gasteiger partial charge on any atom is 0.265 e. The average molecular weight is 475 g/mol. The molecule has 3 aromatic rings. The summed E-state index contributed by atoms with van der Waals surface area (Å²) in [6.07, 6.45) is 0. The standard InChI is InChI=1S/C23H17Cl2FN2O4/c24-14-4-7-16(8-5-14)31-11-10-28-19-12-15(6-9-20(19)32-13-21(28)29)27-23(30)22-17(25)2-1-3-18(22)26/h1-9,12H,10-11,13H2,(H,27,30).